The Morgan fingerprint density at radius 1 is 1.50 bits per heavy atom. The summed E-state index contributed by atoms with van der Waals surface area (Å²) in [6.45, 7) is 0.693. The van der Waals surface area contributed by atoms with Gasteiger partial charge in [-0.2, -0.15) is 11.8 Å². The molecule has 0 saturated carbocycles. The van der Waals surface area contributed by atoms with Crippen molar-refractivity contribution >= 4 is 33.5 Å². The summed E-state index contributed by atoms with van der Waals surface area (Å²) in [6.07, 6.45) is 2.73. The first kappa shape index (κ1) is 12.8. The molecule has 1 aromatic heterocycles. The van der Waals surface area contributed by atoms with Gasteiger partial charge in [-0.1, -0.05) is 0 Å². The van der Waals surface area contributed by atoms with Crippen LogP contribution in [0, 0.1) is 5.92 Å². The number of Topliss-reactive ketones (excluding diaryl/α,β-unsaturated/α-hetero) is 1. The molecule has 0 amide bonds. The molecule has 98 valence electrons. The van der Waals surface area contributed by atoms with Gasteiger partial charge >= 0.3 is 0 Å². The third kappa shape index (κ3) is 2.40. The molecule has 3 nitrogen and oxygen atoms in total. The predicted octanol–water partition coefficient (Wildman–Crippen LogP) is 3.53. The molecule has 1 aromatic rings. The highest BCUT2D eigenvalue weighted by Gasteiger charge is 2.42. The summed E-state index contributed by atoms with van der Waals surface area (Å²) in [5, 5.41) is 0. The largest absolute Gasteiger partial charge is 0.446 e. The molecule has 2 saturated heterocycles. The predicted molar refractivity (Wildman–Crippen MR) is 74.1 cm³/mol. The summed E-state index contributed by atoms with van der Waals surface area (Å²) in [6, 6.07) is 3.52. The number of hydrogen-bond acceptors (Lipinski definition) is 4. The van der Waals surface area contributed by atoms with Crippen molar-refractivity contribution in [2.45, 2.75) is 24.9 Å². The van der Waals surface area contributed by atoms with Gasteiger partial charge in [0.05, 0.1) is 5.60 Å². The number of ketones is 1. The molecule has 0 bridgehead atoms. The molecule has 5 heteroatoms. The number of carbonyl (C=O) groups excluding carboxylic acids is 1. The summed E-state index contributed by atoms with van der Waals surface area (Å²) in [4.78, 5) is 12.4. The minimum Gasteiger partial charge on any atom is -0.446 e. The van der Waals surface area contributed by atoms with Crippen molar-refractivity contribution in [2.24, 2.45) is 5.92 Å². The van der Waals surface area contributed by atoms with Crippen molar-refractivity contribution in [2.75, 3.05) is 18.1 Å². The monoisotopic (exact) mass is 330 g/mol. The van der Waals surface area contributed by atoms with E-state index in [1.165, 1.54) is 0 Å². The van der Waals surface area contributed by atoms with E-state index in [1.807, 2.05) is 11.8 Å². The first-order chi connectivity index (χ1) is 8.69. The lowest BCUT2D eigenvalue weighted by molar-refractivity contribution is -0.0737. The van der Waals surface area contributed by atoms with Gasteiger partial charge in [-0.15, -0.1) is 0 Å². The Morgan fingerprint density at radius 2 is 2.39 bits per heavy atom. The highest BCUT2D eigenvalue weighted by Crippen LogP contribution is 2.41. The molecule has 0 aliphatic carbocycles. The van der Waals surface area contributed by atoms with Gasteiger partial charge < -0.3 is 9.15 Å². The molecule has 3 heterocycles. The van der Waals surface area contributed by atoms with Crippen molar-refractivity contribution in [3.8, 4) is 0 Å². The highest BCUT2D eigenvalue weighted by molar-refractivity contribution is 9.10. The van der Waals surface area contributed by atoms with E-state index >= 15 is 0 Å². The third-order valence-corrected chi connectivity index (χ3v) is 5.40. The molecular weight excluding hydrogens is 316 g/mol. The second kappa shape index (κ2) is 5.02. The number of thioether (sulfide) groups is 1. The summed E-state index contributed by atoms with van der Waals surface area (Å²) in [5.74, 6) is 2.82. The molecule has 0 N–H and O–H groups in total. The number of ether oxygens (including phenoxy) is 1. The SMILES string of the molecule is O=C(c1ccc(Br)o1)C1CCOC2(CCSC2)C1. The van der Waals surface area contributed by atoms with Gasteiger partial charge in [-0.3, -0.25) is 4.79 Å². The van der Waals surface area contributed by atoms with Crippen LogP contribution in [0.15, 0.2) is 21.2 Å². The summed E-state index contributed by atoms with van der Waals surface area (Å²) < 4.78 is 11.9. The highest BCUT2D eigenvalue weighted by atomic mass is 79.9. The maximum absolute atomic E-state index is 12.4. The Balaban J connectivity index is 1.74. The number of halogens is 1. The van der Waals surface area contributed by atoms with E-state index in [-0.39, 0.29) is 17.3 Å². The average molecular weight is 331 g/mol. The van der Waals surface area contributed by atoms with Crippen LogP contribution >= 0.6 is 27.7 Å². The van der Waals surface area contributed by atoms with Crippen LogP contribution in [0.2, 0.25) is 0 Å². The Morgan fingerprint density at radius 3 is 3.06 bits per heavy atom. The molecule has 2 aliphatic heterocycles. The van der Waals surface area contributed by atoms with Crippen LogP contribution in [-0.2, 0) is 4.74 Å². The zero-order valence-electron chi connectivity index (χ0n) is 9.99. The van der Waals surface area contributed by atoms with Crippen molar-refractivity contribution in [3.63, 3.8) is 0 Å². The topological polar surface area (TPSA) is 39.4 Å². The van der Waals surface area contributed by atoms with E-state index in [0.717, 1.165) is 30.8 Å². The number of rotatable bonds is 2. The van der Waals surface area contributed by atoms with E-state index in [1.54, 1.807) is 12.1 Å². The molecule has 2 unspecified atom stereocenters. The van der Waals surface area contributed by atoms with Crippen molar-refractivity contribution in [1.29, 1.82) is 0 Å². The summed E-state index contributed by atoms with van der Waals surface area (Å²) in [7, 11) is 0. The Hall–Kier alpha value is -0.260. The van der Waals surface area contributed by atoms with Crippen LogP contribution in [0.5, 0.6) is 0 Å². The lowest BCUT2D eigenvalue weighted by Gasteiger charge is -2.36. The second-order valence-corrected chi connectivity index (χ2v) is 6.88. The van der Waals surface area contributed by atoms with Crippen molar-refractivity contribution in [3.05, 3.63) is 22.6 Å². The van der Waals surface area contributed by atoms with Crippen molar-refractivity contribution < 1.29 is 13.9 Å². The van der Waals surface area contributed by atoms with Crippen LogP contribution < -0.4 is 0 Å². The summed E-state index contributed by atoms with van der Waals surface area (Å²) in [5.41, 5.74) is -0.0485. The molecule has 18 heavy (non-hydrogen) atoms. The van der Waals surface area contributed by atoms with Crippen LogP contribution in [-0.4, -0.2) is 29.5 Å². The minimum absolute atomic E-state index is 0.0485. The Kier molecular flexibility index (Phi) is 3.56. The molecular formula is C13H15BrO3S. The van der Waals surface area contributed by atoms with Crippen LogP contribution in [0.3, 0.4) is 0 Å². The smallest absolute Gasteiger partial charge is 0.201 e. The number of carbonyl (C=O) groups is 1. The number of hydrogen-bond donors (Lipinski definition) is 0. The van der Waals surface area contributed by atoms with Crippen LogP contribution in [0.4, 0.5) is 0 Å². The Bertz CT molecular complexity index is 451. The van der Waals surface area contributed by atoms with E-state index in [0.29, 0.717) is 17.0 Å². The van der Waals surface area contributed by atoms with E-state index < -0.39 is 0 Å². The molecule has 3 rings (SSSR count). The van der Waals surface area contributed by atoms with Gasteiger partial charge in [0.25, 0.3) is 0 Å². The summed E-state index contributed by atoms with van der Waals surface area (Å²) >= 11 is 5.16. The minimum atomic E-state index is -0.0485. The van der Waals surface area contributed by atoms with Crippen molar-refractivity contribution in [1.82, 2.24) is 0 Å². The van der Waals surface area contributed by atoms with Crippen LogP contribution in [0.1, 0.15) is 29.8 Å². The quantitative estimate of drug-likeness (QED) is 0.778. The third-order valence-electron chi connectivity index (χ3n) is 3.75. The van der Waals surface area contributed by atoms with E-state index in [9.17, 15) is 4.79 Å². The first-order valence-corrected chi connectivity index (χ1v) is 8.15. The van der Waals surface area contributed by atoms with Gasteiger partial charge in [-0.25, -0.2) is 0 Å². The standard InChI is InChI=1S/C13H15BrO3S/c14-11-2-1-10(17-11)12(15)9-3-5-16-13(7-9)4-6-18-8-13/h1-2,9H,3-8H2. The Labute approximate surface area is 119 Å². The van der Waals surface area contributed by atoms with Crippen LogP contribution in [0.25, 0.3) is 0 Å². The number of furan rings is 1. The van der Waals surface area contributed by atoms with E-state index in [4.69, 9.17) is 9.15 Å². The molecule has 1 spiro atoms. The molecule has 2 atom stereocenters. The first-order valence-electron chi connectivity index (χ1n) is 6.20. The fourth-order valence-electron chi connectivity index (χ4n) is 2.76. The molecule has 2 fully saturated rings. The average Bonchev–Trinajstić information content (AvgIpc) is 2.98. The molecule has 0 radical (unpaired) electrons. The van der Waals surface area contributed by atoms with Gasteiger partial charge in [0.2, 0.25) is 5.78 Å². The van der Waals surface area contributed by atoms with Gasteiger partial charge in [-0.05, 0) is 53.1 Å². The van der Waals surface area contributed by atoms with Gasteiger partial charge in [0.15, 0.2) is 10.4 Å². The van der Waals surface area contributed by atoms with E-state index in [2.05, 4.69) is 15.9 Å². The lowest BCUT2D eigenvalue weighted by atomic mass is 9.82. The lowest BCUT2D eigenvalue weighted by Crippen LogP contribution is -2.42. The zero-order valence-corrected chi connectivity index (χ0v) is 12.4. The fraction of sp³-hybridized carbons (Fsp3) is 0.615. The maximum Gasteiger partial charge on any atom is 0.201 e. The fourth-order valence-corrected chi connectivity index (χ4v) is 4.45. The van der Waals surface area contributed by atoms with Gasteiger partial charge in [0, 0.05) is 18.3 Å². The molecule has 2 aliphatic rings. The molecule has 0 aromatic carbocycles. The zero-order chi connectivity index (χ0) is 12.6. The normalized spacial score (nSPS) is 31.9. The van der Waals surface area contributed by atoms with Gasteiger partial charge in [0.1, 0.15) is 0 Å². The maximum atomic E-state index is 12.4. The second-order valence-electron chi connectivity index (χ2n) is 4.99.